The Balaban J connectivity index is 3.28. The van der Waals surface area contributed by atoms with Gasteiger partial charge in [-0.2, -0.15) is 15.7 Å². The van der Waals surface area contributed by atoms with Crippen molar-refractivity contribution in [2.45, 2.75) is 0 Å². The van der Waals surface area contributed by atoms with E-state index in [-0.39, 0.29) is 0 Å². The molecule has 5 nitrogen and oxygen atoms in total. The lowest BCUT2D eigenvalue weighted by Crippen LogP contribution is -2.27. The van der Waals surface area contributed by atoms with Gasteiger partial charge >= 0.3 is 0 Å². The maximum Gasteiger partial charge on any atom is 0.0404 e. The fourth-order valence-electron chi connectivity index (χ4n) is 0.574. The lowest BCUT2D eigenvalue weighted by molar-refractivity contribution is 0.394. The third-order valence-corrected chi connectivity index (χ3v) is 1.12. The first-order valence-electron chi connectivity index (χ1n) is 3.42. The largest absolute Gasteiger partial charge is 0.329 e. The van der Waals surface area contributed by atoms with Gasteiger partial charge in [-0.05, 0) is 7.05 Å². The third-order valence-electron chi connectivity index (χ3n) is 1.12. The maximum atomic E-state index is 5.33. The van der Waals surface area contributed by atoms with Gasteiger partial charge in [0.15, 0.2) is 0 Å². The lowest BCUT2D eigenvalue weighted by atomic mass is 10.5. The fourth-order valence-corrected chi connectivity index (χ4v) is 0.574. The molecule has 0 amide bonds. The van der Waals surface area contributed by atoms with E-state index < -0.39 is 0 Å². The SMILES string of the molecule is C=NN/N=C/CN(C)CCN. The first kappa shape index (κ1) is 10.1. The molecular formula is C6H15N5. The fraction of sp³-hybridized carbons (Fsp3) is 0.667. The number of nitrogens with zero attached hydrogens (tertiary/aromatic N) is 3. The summed E-state index contributed by atoms with van der Waals surface area (Å²) in [6, 6.07) is 0. The molecule has 0 aliphatic rings. The zero-order chi connectivity index (χ0) is 8.53. The van der Waals surface area contributed by atoms with Crippen molar-refractivity contribution in [1.82, 2.24) is 10.4 Å². The van der Waals surface area contributed by atoms with Gasteiger partial charge in [0.2, 0.25) is 0 Å². The zero-order valence-corrected chi connectivity index (χ0v) is 6.82. The molecule has 0 aliphatic carbocycles. The minimum Gasteiger partial charge on any atom is -0.329 e. The van der Waals surface area contributed by atoms with E-state index in [2.05, 4.69) is 22.5 Å². The van der Waals surface area contributed by atoms with E-state index in [0.29, 0.717) is 6.54 Å². The summed E-state index contributed by atoms with van der Waals surface area (Å²) < 4.78 is 0. The standard InChI is InChI=1S/C6H15N5/c1-8-10-9-4-6-11(2)5-3-7/h4,10H,1,3,5-7H2,2H3/b9-4+. The van der Waals surface area contributed by atoms with Crippen LogP contribution in [0.25, 0.3) is 0 Å². The van der Waals surface area contributed by atoms with Crippen molar-refractivity contribution in [1.29, 1.82) is 0 Å². The second-order valence-corrected chi connectivity index (χ2v) is 2.12. The monoisotopic (exact) mass is 157 g/mol. The molecule has 3 N–H and O–H groups in total. The Bertz CT molecular complexity index is 122. The van der Waals surface area contributed by atoms with Crippen molar-refractivity contribution in [2.24, 2.45) is 15.9 Å². The molecule has 0 unspecified atom stereocenters. The number of rotatable bonds is 6. The molecule has 0 aromatic heterocycles. The van der Waals surface area contributed by atoms with E-state index in [1.165, 1.54) is 0 Å². The van der Waals surface area contributed by atoms with Crippen LogP contribution in [0.5, 0.6) is 0 Å². The van der Waals surface area contributed by atoms with Crippen molar-refractivity contribution in [3.05, 3.63) is 0 Å². The van der Waals surface area contributed by atoms with Gasteiger partial charge in [-0.3, -0.25) is 4.90 Å². The van der Waals surface area contributed by atoms with E-state index >= 15 is 0 Å². The third kappa shape index (κ3) is 6.95. The quantitative estimate of drug-likeness (QED) is 0.386. The second kappa shape index (κ2) is 7.17. The van der Waals surface area contributed by atoms with Crippen molar-refractivity contribution in [2.75, 3.05) is 26.7 Å². The summed E-state index contributed by atoms with van der Waals surface area (Å²) in [5.74, 6) is 0. The van der Waals surface area contributed by atoms with Gasteiger partial charge in [-0.25, -0.2) is 0 Å². The minimum absolute atomic E-state index is 0.664. The highest BCUT2D eigenvalue weighted by Crippen LogP contribution is 1.75. The van der Waals surface area contributed by atoms with Gasteiger partial charge < -0.3 is 5.73 Å². The molecule has 0 radical (unpaired) electrons. The predicted octanol–water partition coefficient (Wildman–Crippen LogP) is -0.932. The normalized spacial score (nSPS) is 10.8. The molecule has 0 aliphatic heterocycles. The molecule has 0 rings (SSSR count). The Kier molecular flexibility index (Phi) is 6.56. The average molecular weight is 157 g/mol. The first-order valence-corrected chi connectivity index (χ1v) is 3.42. The van der Waals surface area contributed by atoms with E-state index in [4.69, 9.17) is 5.73 Å². The summed E-state index contributed by atoms with van der Waals surface area (Å²) in [5.41, 5.74) is 7.70. The molecule has 0 atom stereocenters. The minimum atomic E-state index is 0.664. The number of hydrazone groups is 2. The molecule has 0 aromatic rings. The van der Waals surface area contributed by atoms with Crippen LogP contribution in [-0.2, 0) is 0 Å². The number of hydrogen-bond donors (Lipinski definition) is 2. The van der Waals surface area contributed by atoms with Crippen LogP contribution in [0.1, 0.15) is 0 Å². The Labute approximate surface area is 66.9 Å². The average Bonchev–Trinajstić information content (AvgIpc) is 1.99. The van der Waals surface area contributed by atoms with Crippen molar-refractivity contribution < 1.29 is 0 Å². The molecule has 11 heavy (non-hydrogen) atoms. The van der Waals surface area contributed by atoms with E-state index in [1.54, 1.807) is 6.21 Å². The highest BCUT2D eigenvalue weighted by Gasteiger charge is 1.90. The number of likely N-dealkylation sites (N-methyl/N-ethyl adjacent to an activating group) is 1. The van der Waals surface area contributed by atoms with E-state index in [1.807, 2.05) is 11.9 Å². The topological polar surface area (TPSA) is 66.0 Å². The van der Waals surface area contributed by atoms with Crippen LogP contribution in [0.4, 0.5) is 0 Å². The lowest BCUT2D eigenvalue weighted by Gasteiger charge is -2.10. The van der Waals surface area contributed by atoms with Crippen LogP contribution in [0.3, 0.4) is 0 Å². The molecule has 0 saturated carbocycles. The number of hydrogen-bond acceptors (Lipinski definition) is 5. The summed E-state index contributed by atoms with van der Waals surface area (Å²) in [4.78, 5) is 2.05. The summed E-state index contributed by atoms with van der Waals surface area (Å²) in [5, 5.41) is 7.06. The van der Waals surface area contributed by atoms with Crippen LogP contribution in [0.2, 0.25) is 0 Å². The summed E-state index contributed by atoms with van der Waals surface area (Å²) in [7, 11) is 1.97. The maximum absolute atomic E-state index is 5.33. The smallest absolute Gasteiger partial charge is 0.0404 e. The molecule has 0 fully saturated rings. The molecule has 64 valence electrons. The van der Waals surface area contributed by atoms with Crippen molar-refractivity contribution in [3.8, 4) is 0 Å². The van der Waals surface area contributed by atoms with Crippen LogP contribution in [0.15, 0.2) is 10.2 Å². The molecule has 0 heterocycles. The van der Waals surface area contributed by atoms with Crippen LogP contribution in [0, 0.1) is 0 Å². The molecule has 5 heteroatoms. The van der Waals surface area contributed by atoms with E-state index in [0.717, 1.165) is 13.1 Å². The van der Waals surface area contributed by atoms with Crippen LogP contribution < -0.4 is 11.3 Å². The number of nitrogens with two attached hydrogens (primary N) is 1. The molecule has 0 aromatic carbocycles. The Morgan fingerprint density at radius 3 is 3.00 bits per heavy atom. The number of nitrogens with one attached hydrogen (secondary N) is 1. The highest BCUT2D eigenvalue weighted by molar-refractivity contribution is 5.59. The van der Waals surface area contributed by atoms with Gasteiger partial charge in [0.1, 0.15) is 0 Å². The molecular weight excluding hydrogens is 142 g/mol. The molecule has 0 saturated heterocycles. The molecule has 0 spiro atoms. The van der Waals surface area contributed by atoms with Gasteiger partial charge in [-0.1, -0.05) is 0 Å². The van der Waals surface area contributed by atoms with Gasteiger partial charge in [-0.15, -0.1) is 0 Å². The predicted molar refractivity (Wildman–Crippen MR) is 47.7 cm³/mol. The Morgan fingerprint density at radius 1 is 1.73 bits per heavy atom. The summed E-state index contributed by atoms with van der Waals surface area (Å²) >= 11 is 0. The van der Waals surface area contributed by atoms with Gasteiger partial charge in [0.05, 0.1) is 0 Å². The van der Waals surface area contributed by atoms with Crippen molar-refractivity contribution >= 4 is 12.9 Å². The first-order chi connectivity index (χ1) is 5.31. The van der Waals surface area contributed by atoms with Gasteiger partial charge in [0, 0.05) is 32.6 Å². The summed E-state index contributed by atoms with van der Waals surface area (Å²) in [6.45, 7) is 5.50. The van der Waals surface area contributed by atoms with Gasteiger partial charge in [0.25, 0.3) is 0 Å². The summed E-state index contributed by atoms with van der Waals surface area (Å²) in [6.07, 6.45) is 1.71. The Hall–Kier alpha value is -0.940. The van der Waals surface area contributed by atoms with E-state index in [9.17, 15) is 0 Å². The van der Waals surface area contributed by atoms with Crippen molar-refractivity contribution in [3.63, 3.8) is 0 Å². The zero-order valence-electron chi connectivity index (χ0n) is 6.82. The second-order valence-electron chi connectivity index (χ2n) is 2.12. The van der Waals surface area contributed by atoms with Crippen LogP contribution >= 0.6 is 0 Å². The highest BCUT2D eigenvalue weighted by atomic mass is 15.5. The molecule has 0 bridgehead atoms. The van der Waals surface area contributed by atoms with Crippen LogP contribution in [-0.4, -0.2) is 44.5 Å². The Morgan fingerprint density at radius 2 is 2.45 bits per heavy atom.